The first kappa shape index (κ1) is 14.6. The highest BCUT2D eigenvalue weighted by Crippen LogP contribution is 2.17. The highest BCUT2D eigenvalue weighted by atomic mass is 16.5. The second kappa shape index (κ2) is 6.17. The number of rotatable bonds is 3. The van der Waals surface area contributed by atoms with Crippen LogP contribution in [0.25, 0.3) is 10.9 Å². The van der Waals surface area contributed by atoms with Crippen molar-refractivity contribution < 1.29 is 9.84 Å². The maximum Gasteiger partial charge on any atom is 0.230 e. The summed E-state index contributed by atoms with van der Waals surface area (Å²) >= 11 is 0. The first-order chi connectivity index (χ1) is 10.7. The quantitative estimate of drug-likeness (QED) is 0.896. The molecule has 7 nitrogen and oxygen atoms in total. The SMILES string of the molecule is COCC1=NC(Nc2nc(C)c3ccccc3n2)=NC(O)C1. The Bertz CT molecular complexity index is 757. The third kappa shape index (κ3) is 3.10. The predicted molar refractivity (Wildman–Crippen MR) is 85.3 cm³/mol. The van der Waals surface area contributed by atoms with Crippen LogP contribution in [0.2, 0.25) is 0 Å². The van der Waals surface area contributed by atoms with Gasteiger partial charge in [-0.05, 0) is 13.0 Å². The lowest BCUT2D eigenvalue weighted by Crippen LogP contribution is -2.27. The molecule has 0 aliphatic carbocycles. The Morgan fingerprint density at radius 1 is 1.32 bits per heavy atom. The van der Waals surface area contributed by atoms with Gasteiger partial charge in [0.15, 0.2) is 6.23 Å². The van der Waals surface area contributed by atoms with Crippen molar-refractivity contribution in [3.63, 3.8) is 0 Å². The van der Waals surface area contributed by atoms with Gasteiger partial charge in [-0.3, -0.25) is 5.32 Å². The van der Waals surface area contributed by atoms with Crippen LogP contribution in [0, 0.1) is 6.92 Å². The molecule has 2 N–H and O–H groups in total. The van der Waals surface area contributed by atoms with Gasteiger partial charge < -0.3 is 9.84 Å². The van der Waals surface area contributed by atoms with E-state index in [1.54, 1.807) is 7.11 Å². The number of aliphatic hydroxyl groups is 1. The topological polar surface area (TPSA) is 92.0 Å². The number of aryl methyl sites for hydroxylation is 1. The molecule has 0 spiro atoms. The second-order valence-electron chi connectivity index (χ2n) is 5.02. The van der Waals surface area contributed by atoms with E-state index >= 15 is 0 Å². The number of hydrogen-bond acceptors (Lipinski definition) is 7. The van der Waals surface area contributed by atoms with E-state index in [2.05, 4.69) is 25.3 Å². The van der Waals surface area contributed by atoms with Crippen molar-refractivity contribution >= 4 is 28.5 Å². The van der Waals surface area contributed by atoms with Gasteiger partial charge in [0.05, 0.1) is 23.5 Å². The van der Waals surface area contributed by atoms with Crippen molar-refractivity contribution in [2.75, 3.05) is 19.0 Å². The van der Waals surface area contributed by atoms with Gasteiger partial charge in [0.1, 0.15) is 0 Å². The number of nitrogens with one attached hydrogen (secondary N) is 1. The fraction of sp³-hybridized carbons (Fsp3) is 0.333. The smallest absolute Gasteiger partial charge is 0.230 e. The summed E-state index contributed by atoms with van der Waals surface area (Å²) in [6, 6.07) is 7.78. The lowest BCUT2D eigenvalue weighted by molar-refractivity contribution is 0.184. The number of aliphatic hydroxyl groups excluding tert-OH is 1. The molecular formula is C15H17N5O2. The minimum absolute atomic E-state index is 0.292. The van der Waals surface area contributed by atoms with Gasteiger partial charge in [-0.25, -0.2) is 20.0 Å². The van der Waals surface area contributed by atoms with Crippen molar-refractivity contribution in [3.8, 4) is 0 Å². The molecule has 1 aliphatic heterocycles. The molecule has 0 fully saturated rings. The van der Waals surface area contributed by atoms with Crippen molar-refractivity contribution in [2.45, 2.75) is 19.6 Å². The van der Waals surface area contributed by atoms with Gasteiger partial charge in [-0.1, -0.05) is 18.2 Å². The molecule has 0 amide bonds. The number of ether oxygens (including phenoxy) is 1. The Hall–Kier alpha value is -2.38. The van der Waals surface area contributed by atoms with E-state index in [-0.39, 0.29) is 0 Å². The van der Waals surface area contributed by atoms with E-state index in [4.69, 9.17) is 4.74 Å². The molecule has 22 heavy (non-hydrogen) atoms. The summed E-state index contributed by atoms with van der Waals surface area (Å²) in [6.07, 6.45) is -0.455. The number of para-hydroxylation sites is 1. The van der Waals surface area contributed by atoms with Gasteiger partial charge >= 0.3 is 0 Å². The Labute approximate surface area is 127 Å². The van der Waals surface area contributed by atoms with Crippen LogP contribution in [0.15, 0.2) is 34.3 Å². The number of aliphatic imine (C=N–C) groups is 2. The van der Waals surface area contributed by atoms with Gasteiger partial charge in [0, 0.05) is 18.9 Å². The first-order valence-corrected chi connectivity index (χ1v) is 6.97. The lowest BCUT2D eigenvalue weighted by Gasteiger charge is -2.16. The highest BCUT2D eigenvalue weighted by molar-refractivity contribution is 6.05. The fourth-order valence-corrected chi connectivity index (χ4v) is 2.33. The summed E-state index contributed by atoms with van der Waals surface area (Å²) in [4.78, 5) is 17.2. The van der Waals surface area contributed by atoms with Gasteiger partial charge in [-0.15, -0.1) is 0 Å². The van der Waals surface area contributed by atoms with Crippen molar-refractivity contribution in [2.24, 2.45) is 9.98 Å². The molecule has 3 rings (SSSR count). The van der Waals surface area contributed by atoms with E-state index < -0.39 is 6.23 Å². The minimum Gasteiger partial charge on any atom is -0.379 e. The Morgan fingerprint density at radius 3 is 2.95 bits per heavy atom. The Morgan fingerprint density at radius 2 is 2.14 bits per heavy atom. The summed E-state index contributed by atoms with van der Waals surface area (Å²) in [5.41, 5.74) is 2.44. The summed E-state index contributed by atoms with van der Waals surface area (Å²) in [5.74, 6) is 0.699. The molecule has 1 atom stereocenters. The van der Waals surface area contributed by atoms with E-state index in [1.807, 2.05) is 31.2 Å². The third-order valence-corrected chi connectivity index (χ3v) is 3.28. The molecule has 0 saturated carbocycles. The zero-order valence-electron chi connectivity index (χ0n) is 12.4. The number of benzene rings is 1. The summed E-state index contributed by atoms with van der Waals surface area (Å²) in [6.45, 7) is 2.28. The summed E-state index contributed by atoms with van der Waals surface area (Å²) < 4.78 is 5.05. The van der Waals surface area contributed by atoms with Crippen molar-refractivity contribution in [3.05, 3.63) is 30.0 Å². The molecule has 0 radical (unpaired) electrons. The lowest BCUT2D eigenvalue weighted by atomic mass is 10.2. The monoisotopic (exact) mass is 299 g/mol. The van der Waals surface area contributed by atoms with E-state index in [0.717, 1.165) is 22.3 Å². The second-order valence-corrected chi connectivity index (χ2v) is 5.02. The number of nitrogens with zero attached hydrogens (tertiary/aromatic N) is 4. The van der Waals surface area contributed by atoms with Crippen molar-refractivity contribution in [1.29, 1.82) is 0 Å². The van der Waals surface area contributed by atoms with Gasteiger partial charge in [0.25, 0.3) is 0 Å². The first-order valence-electron chi connectivity index (χ1n) is 6.97. The molecule has 114 valence electrons. The maximum atomic E-state index is 9.78. The number of anilines is 1. The molecule has 1 unspecified atom stereocenters. The largest absolute Gasteiger partial charge is 0.379 e. The standard InChI is InChI=1S/C15H17N5O2/c1-9-11-5-3-4-6-12(11)18-14(16-9)20-15-17-10(8-22-2)7-13(21)19-15/h3-6,13,21H,7-8H2,1-2H3,(H,16,18,19,20). The Kier molecular flexibility index (Phi) is 4.08. The molecule has 2 aromatic rings. The number of fused-ring (bicyclic) bond motifs is 1. The van der Waals surface area contributed by atoms with Crippen molar-refractivity contribution in [1.82, 2.24) is 9.97 Å². The van der Waals surface area contributed by atoms with Crippen LogP contribution in [-0.2, 0) is 4.74 Å². The van der Waals surface area contributed by atoms with Crippen LogP contribution in [-0.4, -0.2) is 46.7 Å². The molecule has 1 aliphatic rings. The summed E-state index contributed by atoms with van der Waals surface area (Å²) in [5, 5.41) is 13.7. The molecule has 0 saturated heterocycles. The molecule has 2 heterocycles. The van der Waals surface area contributed by atoms with E-state index in [9.17, 15) is 5.11 Å². The number of methoxy groups -OCH3 is 1. The predicted octanol–water partition coefficient (Wildman–Crippen LogP) is 1.52. The van der Waals surface area contributed by atoms with Crippen LogP contribution < -0.4 is 5.32 Å². The van der Waals surface area contributed by atoms with Crippen LogP contribution in [0.1, 0.15) is 12.1 Å². The number of guanidine groups is 1. The average molecular weight is 299 g/mol. The molecule has 7 heteroatoms. The zero-order chi connectivity index (χ0) is 15.5. The average Bonchev–Trinajstić information content (AvgIpc) is 2.47. The molecule has 1 aromatic carbocycles. The number of hydrogen-bond donors (Lipinski definition) is 2. The van der Waals surface area contributed by atoms with Gasteiger partial charge in [0.2, 0.25) is 11.9 Å². The van der Waals surface area contributed by atoms with E-state index in [1.165, 1.54) is 0 Å². The van der Waals surface area contributed by atoms with Gasteiger partial charge in [-0.2, -0.15) is 0 Å². The van der Waals surface area contributed by atoms with Crippen LogP contribution in [0.4, 0.5) is 5.95 Å². The molecule has 1 aromatic heterocycles. The van der Waals surface area contributed by atoms with Crippen LogP contribution in [0.3, 0.4) is 0 Å². The highest BCUT2D eigenvalue weighted by Gasteiger charge is 2.16. The summed E-state index contributed by atoms with van der Waals surface area (Å²) in [7, 11) is 1.59. The Balaban J connectivity index is 1.89. The molecular weight excluding hydrogens is 282 g/mol. The minimum atomic E-state index is -0.827. The zero-order valence-corrected chi connectivity index (χ0v) is 12.4. The third-order valence-electron chi connectivity index (χ3n) is 3.28. The maximum absolute atomic E-state index is 9.78. The van der Waals surface area contributed by atoms with Crippen LogP contribution in [0.5, 0.6) is 0 Å². The van der Waals surface area contributed by atoms with E-state index in [0.29, 0.717) is 24.9 Å². The fourth-order valence-electron chi connectivity index (χ4n) is 2.33. The normalized spacial score (nSPS) is 18.0. The molecule has 0 bridgehead atoms. The number of aromatic nitrogens is 2. The van der Waals surface area contributed by atoms with Crippen LogP contribution >= 0.6 is 0 Å².